The first kappa shape index (κ1) is 9.02. The summed E-state index contributed by atoms with van der Waals surface area (Å²) in [5.41, 5.74) is 1.57. The molecule has 1 aromatic heterocycles. The summed E-state index contributed by atoms with van der Waals surface area (Å²) in [4.78, 5) is 0. The quantitative estimate of drug-likeness (QED) is 0.659. The highest BCUT2D eigenvalue weighted by atomic mass is 32.1. The standard InChI is InChI=1S/C6H4N2S.CH2OS/c1-2-4-6-5(3-1)7-8-9-6;2-1-3/h1-4H;1H,(H,2,3). The number of hydrogen-bond donors (Lipinski definition) is 1. The number of aromatic nitrogens is 2. The molecule has 2 rings (SSSR count). The van der Waals surface area contributed by atoms with Crippen LogP contribution in [0.15, 0.2) is 24.3 Å². The largest absolute Gasteiger partial charge is 0.504 e. The molecule has 0 atom stereocenters. The zero-order valence-electron chi connectivity index (χ0n) is 6.04. The monoisotopic (exact) mass is 198 g/mol. The number of nitrogens with zero attached hydrogens (tertiary/aromatic N) is 2. The molecule has 0 aliphatic carbocycles. The first-order valence-electron chi connectivity index (χ1n) is 3.13. The van der Waals surface area contributed by atoms with Crippen LogP contribution in [0.3, 0.4) is 0 Å². The van der Waals surface area contributed by atoms with E-state index in [1.807, 2.05) is 24.3 Å². The fraction of sp³-hybridized carbons (Fsp3) is 0. The van der Waals surface area contributed by atoms with Crippen LogP contribution in [0.5, 0.6) is 0 Å². The summed E-state index contributed by atoms with van der Waals surface area (Å²) < 4.78 is 4.94. The van der Waals surface area contributed by atoms with E-state index in [0.29, 0.717) is 5.55 Å². The van der Waals surface area contributed by atoms with Crippen LogP contribution in [0.4, 0.5) is 0 Å². The van der Waals surface area contributed by atoms with E-state index in [0.717, 1.165) is 10.2 Å². The van der Waals surface area contributed by atoms with Gasteiger partial charge < -0.3 is 5.11 Å². The third-order valence-electron chi connectivity index (χ3n) is 1.15. The highest BCUT2D eigenvalue weighted by molar-refractivity contribution is 7.78. The number of fused-ring (bicyclic) bond motifs is 1. The molecule has 0 bridgehead atoms. The Kier molecular flexibility index (Phi) is 3.56. The highest BCUT2D eigenvalue weighted by Crippen LogP contribution is 2.12. The molecule has 1 heterocycles. The molecule has 0 aliphatic rings. The van der Waals surface area contributed by atoms with Gasteiger partial charge in [0.05, 0.1) is 4.70 Å². The molecule has 12 heavy (non-hydrogen) atoms. The Bertz CT molecular complexity index is 331. The fourth-order valence-corrected chi connectivity index (χ4v) is 1.28. The van der Waals surface area contributed by atoms with Gasteiger partial charge in [0.2, 0.25) is 0 Å². The van der Waals surface area contributed by atoms with Crippen LogP contribution in [-0.2, 0) is 0 Å². The minimum atomic E-state index is 0.583. The van der Waals surface area contributed by atoms with Crippen molar-refractivity contribution in [3.63, 3.8) is 0 Å². The summed E-state index contributed by atoms with van der Waals surface area (Å²) in [6, 6.07) is 7.92. The van der Waals surface area contributed by atoms with Crippen molar-refractivity contribution < 1.29 is 5.11 Å². The first-order valence-corrected chi connectivity index (χ1v) is 4.38. The molecule has 0 aliphatic heterocycles. The van der Waals surface area contributed by atoms with Crippen LogP contribution in [0.25, 0.3) is 10.2 Å². The molecule has 0 saturated heterocycles. The predicted molar refractivity (Wildman–Crippen MR) is 53.7 cm³/mol. The molecule has 62 valence electrons. The normalized spacial score (nSPS) is 8.67. The minimum absolute atomic E-state index is 0.583. The number of hydrogen-bond acceptors (Lipinski definition) is 4. The molecular formula is C7H6N2OS2. The van der Waals surface area contributed by atoms with Gasteiger partial charge in [-0.05, 0) is 35.9 Å². The van der Waals surface area contributed by atoms with Crippen LogP contribution in [-0.4, -0.2) is 20.2 Å². The van der Waals surface area contributed by atoms with Crippen LogP contribution in [0, 0.1) is 0 Å². The lowest BCUT2D eigenvalue weighted by atomic mass is 10.3. The van der Waals surface area contributed by atoms with E-state index in [1.54, 1.807) is 0 Å². The third kappa shape index (κ3) is 2.21. The lowest BCUT2D eigenvalue weighted by Gasteiger charge is -1.78. The fourth-order valence-electron chi connectivity index (χ4n) is 0.725. The summed E-state index contributed by atoms with van der Waals surface area (Å²) in [5.74, 6) is 0. The molecule has 3 nitrogen and oxygen atoms in total. The number of benzene rings is 1. The second-order valence-electron chi connectivity index (χ2n) is 1.85. The maximum atomic E-state index is 7.26. The van der Waals surface area contributed by atoms with Gasteiger partial charge in [0.25, 0.3) is 0 Å². The maximum Gasteiger partial charge on any atom is 0.142 e. The maximum absolute atomic E-state index is 7.26. The number of thiocarbonyl (C=S) groups is 1. The van der Waals surface area contributed by atoms with Crippen molar-refractivity contribution in [2.75, 3.05) is 0 Å². The number of aliphatic hydroxyl groups excluding tert-OH is 1. The molecule has 2 aromatic rings. The Labute approximate surface area is 78.8 Å². The summed E-state index contributed by atoms with van der Waals surface area (Å²) >= 11 is 5.25. The van der Waals surface area contributed by atoms with Crippen molar-refractivity contribution >= 4 is 39.5 Å². The van der Waals surface area contributed by atoms with Crippen LogP contribution < -0.4 is 0 Å². The second-order valence-corrected chi connectivity index (χ2v) is 2.84. The average Bonchev–Trinajstić information content (AvgIpc) is 2.52. The summed E-state index contributed by atoms with van der Waals surface area (Å²) in [6.45, 7) is 0. The van der Waals surface area contributed by atoms with Gasteiger partial charge in [0, 0.05) is 0 Å². The van der Waals surface area contributed by atoms with Crippen LogP contribution in [0.1, 0.15) is 0 Å². The van der Waals surface area contributed by atoms with E-state index < -0.39 is 0 Å². The van der Waals surface area contributed by atoms with Crippen LogP contribution >= 0.6 is 23.8 Å². The van der Waals surface area contributed by atoms with Gasteiger partial charge in [-0.2, -0.15) is 0 Å². The van der Waals surface area contributed by atoms with Crippen molar-refractivity contribution in [1.82, 2.24) is 9.59 Å². The minimum Gasteiger partial charge on any atom is -0.504 e. The van der Waals surface area contributed by atoms with Gasteiger partial charge in [0.15, 0.2) is 0 Å². The lowest BCUT2D eigenvalue weighted by molar-refractivity contribution is 0.594. The summed E-state index contributed by atoms with van der Waals surface area (Å²) in [6.07, 6.45) is 0. The van der Waals surface area contributed by atoms with Gasteiger partial charge in [-0.25, -0.2) is 0 Å². The zero-order chi connectivity index (χ0) is 8.81. The zero-order valence-corrected chi connectivity index (χ0v) is 7.68. The lowest BCUT2D eigenvalue weighted by Crippen LogP contribution is -1.63. The average molecular weight is 198 g/mol. The summed E-state index contributed by atoms with van der Waals surface area (Å²) in [5, 5.41) is 11.1. The van der Waals surface area contributed by atoms with Crippen molar-refractivity contribution in [3.8, 4) is 0 Å². The Balaban J connectivity index is 0.000000213. The van der Waals surface area contributed by atoms with Crippen molar-refractivity contribution in [3.05, 3.63) is 24.3 Å². The molecule has 5 heteroatoms. The Morgan fingerprint density at radius 1 is 1.42 bits per heavy atom. The topological polar surface area (TPSA) is 46.0 Å². The molecular weight excluding hydrogens is 192 g/mol. The Morgan fingerprint density at radius 2 is 2.08 bits per heavy atom. The molecule has 0 fully saturated rings. The first-order chi connectivity index (χ1) is 5.88. The predicted octanol–water partition coefficient (Wildman–Crippen LogP) is 2.19. The molecule has 1 aromatic carbocycles. The van der Waals surface area contributed by atoms with E-state index in [9.17, 15) is 0 Å². The van der Waals surface area contributed by atoms with Crippen molar-refractivity contribution in [2.24, 2.45) is 0 Å². The van der Waals surface area contributed by atoms with Crippen LogP contribution in [0.2, 0.25) is 0 Å². The Morgan fingerprint density at radius 3 is 2.75 bits per heavy atom. The van der Waals surface area contributed by atoms with Gasteiger partial charge >= 0.3 is 0 Å². The van der Waals surface area contributed by atoms with Gasteiger partial charge in [-0.15, -0.1) is 5.10 Å². The van der Waals surface area contributed by atoms with Crippen molar-refractivity contribution in [1.29, 1.82) is 0 Å². The van der Waals surface area contributed by atoms with E-state index in [1.165, 1.54) is 11.5 Å². The molecule has 0 radical (unpaired) electrons. The molecule has 0 amide bonds. The van der Waals surface area contributed by atoms with Crippen molar-refractivity contribution in [2.45, 2.75) is 0 Å². The number of rotatable bonds is 0. The summed E-state index contributed by atoms with van der Waals surface area (Å²) in [7, 11) is 0. The van der Waals surface area contributed by atoms with E-state index in [-0.39, 0.29) is 0 Å². The molecule has 0 spiro atoms. The number of aliphatic hydroxyl groups is 1. The smallest absolute Gasteiger partial charge is 0.142 e. The third-order valence-corrected chi connectivity index (χ3v) is 1.86. The van der Waals surface area contributed by atoms with E-state index in [4.69, 9.17) is 5.11 Å². The van der Waals surface area contributed by atoms with Gasteiger partial charge in [-0.3, -0.25) is 0 Å². The SMILES string of the molecule is OC=S.c1ccc2snnc2c1. The highest BCUT2D eigenvalue weighted by Gasteiger charge is 1.91. The molecule has 1 N–H and O–H groups in total. The van der Waals surface area contributed by atoms with E-state index in [2.05, 4.69) is 21.8 Å². The van der Waals surface area contributed by atoms with E-state index >= 15 is 0 Å². The van der Waals surface area contributed by atoms with Gasteiger partial charge in [-0.1, -0.05) is 16.6 Å². The molecule has 0 unspecified atom stereocenters. The molecule has 0 saturated carbocycles. The van der Waals surface area contributed by atoms with Gasteiger partial charge in [0.1, 0.15) is 11.1 Å². The Hall–Kier alpha value is -1.07. The second kappa shape index (κ2) is 4.74.